The van der Waals surface area contributed by atoms with Crippen LogP contribution >= 0.6 is 34.5 Å². The first-order valence-corrected chi connectivity index (χ1v) is 9.10. The molecule has 1 aromatic heterocycles. The van der Waals surface area contributed by atoms with Gasteiger partial charge in [0.2, 0.25) is 0 Å². The van der Waals surface area contributed by atoms with Crippen molar-refractivity contribution >= 4 is 56.3 Å². The molecule has 1 heterocycles. The van der Waals surface area contributed by atoms with Crippen LogP contribution in [0.15, 0.2) is 28.5 Å². The minimum Gasteiger partial charge on any atom is -0.307 e. The Labute approximate surface area is 142 Å². The van der Waals surface area contributed by atoms with Crippen LogP contribution in [0.2, 0.25) is 10.0 Å². The molecule has 9 heteroatoms. The molecule has 2 amide bonds. The zero-order valence-electron chi connectivity index (χ0n) is 11.6. The molecule has 0 spiro atoms. The van der Waals surface area contributed by atoms with Crippen molar-refractivity contribution in [2.24, 2.45) is 0 Å². The molecule has 118 valence electrons. The van der Waals surface area contributed by atoms with E-state index in [4.69, 9.17) is 23.2 Å². The Hall–Kier alpha value is -1.28. The highest BCUT2D eigenvalue weighted by atomic mass is 35.5. The van der Waals surface area contributed by atoms with Gasteiger partial charge >= 0.3 is 6.03 Å². The minimum atomic E-state index is -3.90. The van der Waals surface area contributed by atoms with E-state index < -0.39 is 16.1 Å². The van der Waals surface area contributed by atoms with Crippen molar-refractivity contribution in [1.29, 1.82) is 0 Å². The standard InChI is InChI=1S/C13H12Cl2N2O3S2/c1-7-5-12(21-8(7)2)22(19,20)17-13(18)16-9-3-4-10(14)11(15)6-9/h3-6H,1-2H3,(H2,16,17,18). The molecule has 0 radical (unpaired) electrons. The average Bonchev–Trinajstić information content (AvgIpc) is 2.74. The van der Waals surface area contributed by atoms with Crippen molar-refractivity contribution in [3.63, 3.8) is 0 Å². The number of sulfonamides is 1. The first-order valence-electron chi connectivity index (χ1n) is 6.05. The second-order valence-electron chi connectivity index (χ2n) is 4.49. The van der Waals surface area contributed by atoms with E-state index >= 15 is 0 Å². The number of carbonyl (C=O) groups is 1. The fraction of sp³-hybridized carbons (Fsp3) is 0.154. The minimum absolute atomic E-state index is 0.0896. The van der Waals surface area contributed by atoms with E-state index in [1.807, 2.05) is 11.6 Å². The summed E-state index contributed by atoms with van der Waals surface area (Å²) in [5.41, 5.74) is 1.19. The van der Waals surface area contributed by atoms with Crippen LogP contribution in [0, 0.1) is 13.8 Å². The van der Waals surface area contributed by atoms with Gasteiger partial charge < -0.3 is 5.32 Å². The Balaban J connectivity index is 2.12. The molecular formula is C13H12Cl2N2O3S2. The molecule has 0 unspecified atom stereocenters. The van der Waals surface area contributed by atoms with Gasteiger partial charge in [-0.2, -0.15) is 0 Å². The molecule has 0 aliphatic carbocycles. The maximum atomic E-state index is 12.1. The quantitative estimate of drug-likeness (QED) is 0.840. The zero-order valence-corrected chi connectivity index (χ0v) is 14.8. The van der Waals surface area contributed by atoms with Gasteiger partial charge in [-0.1, -0.05) is 23.2 Å². The second kappa shape index (κ2) is 6.45. The van der Waals surface area contributed by atoms with Crippen molar-refractivity contribution in [2.75, 3.05) is 5.32 Å². The number of hydrogen-bond donors (Lipinski definition) is 2. The van der Waals surface area contributed by atoms with Gasteiger partial charge in [0.1, 0.15) is 4.21 Å². The van der Waals surface area contributed by atoms with Crippen molar-refractivity contribution in [3.8, 4) is 0 Å². The summed E-state index contributed by atoms with van der Waals surface area (Å²) in [7, 11) is -3.90. The number of anilines is 1. The number of aryl methyl sites for hydroxylation is 2. The van der Waals surface area contributed by atoms with Gasteiger partial charge in [-0.15, -0.1) is 11.3 Å². The molecule has 1 aromatic carbocycles. The van der Waals surface area contributed by atoms with Crippen LogP contribution < -0.4 is 10.0 Å². The van der Waals surface area contributed by atoms with Crippen LogP contribution in [0.1, 0.15) is 10.4 Å². The summed E-state index contributed by atoms with van der Waals surface area (Å²) in [6.07, 6.45) is 0. The summed E-state index contributed by atoms with van der Waals surface area (Å²) in [6, 6.07) is 5.09. The van der Waals surface area contributed by atoms with Crippen molar-refractivity contribution in [2.45, 2.75) is 18.1 Å². The highest BCUT2D eigenvalue weighted by Gasteiger charge is 2.20. The average molecular weight is 379 g/mol. The molecule has 0 bridgehead atoms. The third kappa shape index (κ3) is 3.92. The molecule has 5 nitrogen and oxygen atoms in total. The number of benzene rings is 1. The van der Waals surface area contributed by atoms with Gasteiger partial charge in [-0.3, -0.25) is 0 Å². The lowest BCUT2D eigenvalue weighted by Gasteiger charge is -2.08. The van der Waals surface area contributed by atoms with Crippen LogP contribution in [0.25, 0.3) is 0 Å². The predicted molar refractivity (Wildman–Crippen MR) is 89.6 cm³/mol. The van der Waals surface area contributed by atoms with Gasteiger partial charge in [0, 0.05) is 10.6 Å². The number of nitrogens with one attached hydrogen (secondary N) is 2. The smallest absolute Gasteiger partial charge is 0.307 e. The van der Waals surface area contributed by atoms with Crippen molar-refractivity contribution in [3.05, 3.63) is 44.8 Å². The molecule has 0 saturated heterocycles. The maximum absolute atomic E-state index is 12.1. The van der Waals surface area contributed by atoms with Crippen LogP contribution in [0.3, 0.4) is 0 Å². The number of thiophene rings is 1. The topological polar surface area (TPSA) is 75.3 Å². The van der Waals surface area contributed by atoms with Crippen LogP contribution in [-0.2, 0) is 10.0 Å². The normalized spacial score (nSPS) is 11.3. The van der Waals surface area contributed by atoms with Crippen LogP contribution in [0.5, 0.6) is 0 Å². The van der Waals surface area contributed by atoms with Gasteiger partial charge in [0.15, 0.2) is 0 Å². The number of halogens is 2. The second-order valence-corrected chi connectivity index (χ2v) is 8.47. The Morgan fingerprint density at radius 1 is 1.14 bits per heavy atom. The van der Waals surface area contributed by atoms with Gasteiger partial charge in [-0.25, -0.2) is 17.9 Å². The summed E-state index contributed by atoms with van der Waals surface area (Å²) in [5, 5.41) is 2.98. The predicted octanol–water partition coefficient (Wildman–Crippen LogP) is 4.18. The Morgan fingerprint density at radius 3 is 2.36 bits per heavy atom. The Bertz CT molecular complexity index is 812. The molecular weight excluding hydrogens is 367 g/mol. The lowest BCUT2D eigenvalue weighted by Crippen LogP contribution is -2.33. The molecule has 0 fully saturated rings. The van der Waals surface area contributed by atoms with Crippen molar-refractivity contribution in [1.82, 2.24) is 4.72 Å². The number of hydrogen-bond acceptors (Lipinski definition) is 4. The van der Waals surface area contributed by atoms with E-state index in [1.54, 1.807) is 6.92 Å². The van der Waals surface area contributed by atoms with Crippen LogP contribution in [0.4, 0.5) is 10.5 Å². The maximum Gasteiger partial charge on any atom is 0.333 e. The molecule has 2 aromatic rings. The first kappa shape index (κ1) is 17.1. The van der Waals surface area contributed by atoms with E-state index in [2.05, 4.69) is 5.32 Å². The zero-order chi connectivity index (χ0) is 16.5. The van der Waals surface area contributed by atoms with E-state index in [0.29, 0.717) is 10.7 Å². The molecule has 2 rings (SSSR count). The monoisotopic (exact) mass is 378 g/mol. The van der Waals surface area contributed by atoms with E-state index in [1.165, 1.54) is 24.3 Å². The summed E-state index contributed by atoms with van der Waals surface area (Å²) < 4.78 is 26.3. The molecule has 2 N–H and O–H groups in total. The molecule has 22 heavy (non-hydrogen) atoms. The highest BCUT2D eigenvalue weighted by Crippen LogP contribution is 2.26. The number of carbonyl (C=O) groups excluding carboxylic acids is 1. The molecule has 0 aliphatic rings. The van der Waals surface area contributed by atoms with Crippen LogP contribution in [-0.4, -0.2) is 14.4 Å². The Kier molecular flexibility index (Phi) is 5.01. The lowest BCUT2D eigenvalue weighted by molar-refractivity contribution is 0.256. The molecule has 0 saturated carbocycles. The lowest BCUT2D eigenvalue weighted by atomic mass is 10.3. The number of amides is 2. The summed E-state index contributed by atoms with van der Waals surface area (Å²) in [4.78, 5) is 12.7. The van der Waals surface area contributed by atoms with Gasteiger partial charge in [0.05, 0.1) is 10.0 Å². The summed E-state index contributed by atoms with van der Waals surface area (Å²) >= 11 is 12.7. The van der Waals surface area contributed by atoms with Crippen molar-refractivity contribution < 1.29 is 13.2 Å². The van der Waals surface area contributed by atoms with Gasteiger partial charge in [0.25, 0.3) is 10.0 Å². The first-order chi connectivity index (χ1) is 10.2. The van der Waals surface area contributed by atoms with E-state index in [9.17, 15) is 13.2 Å². The third-order valence-corrected chi connectivity index (χ3v) is 6.51. The Morgan fingerprint density at radius 2 is 1.82 bits per heavy atom. The van der Waals surface area contributed by atoms with E-state index in [-0.39, 0.29) is 9.23 Å². The number of rotatable bonds is 3. The highest BCUT2D eigenvalue weighted by molar-refractivity contribution is 7.92. The SMILES string of the molecule is Cc1cc(S(=O)(=O)NC(=O)Nc2ccc(Cl)c(Cl)c2)sc1C. The number of urea groups is 1. The van der Waals surface area contributed by atoms with Gasteiger partial charge in [-0.05, 0) is 43.7 Å². The largest absolute Gasteiger partial charge is 0.333 e. The fourth-order valence-electron chi connectivity index (χ4n) is 1.57. The summed E-state index contributed by atoms with van der Waals surface area (Å²) in [6.45, 7) is 3.62. The molecule has 0 aliphatic heterocycles. The molecule has 0 atom stereocenters. The third-order valence-electron chi connectivity index (χ3n) is 2.81. The summed E-state index contributed by atoms with van der Waals surface area (Å²) in [5.74, 6) is 0. The van der Waals surface area contributed by atoms with E-state index in [0.717, 1.165) is 21.8 Å². The fourth-order valence-corrected chi connectivity index (χ4v) is 4.30.